The van der Waals surface area contributed by atoms with E-state index in [1.807, 2.05) is 48.5 Å². The molecule has 0 radical (unpaired) electrons. The number of carbonyl (C=O) groups excluding carboxylic acids is 1. The van der Waals surface area contributed by atoms with Crippen molar-refractivity contribution in [2.75, 3.05) is 6.61 Å². The summed E-state index contributed by atoms with van der Waals surface area (Å²) in [6, 6.07) is 17.9. The maximum atomic E-state index is 12.3. The van der Waals surface area contributed by atoms with E-state index in [1.54, 1.807) is 0 Å². The highest BCUT2D eigenvalue weighted by Gasteiger charge is 2.26. The first-order valence-corrected chi connectivity index (χ1v) is 6.85. The third-order valence-corrected chi connectivity index (χ3v) is 3.54. The van der Waals surface area contributed by atoms with Crippen LogP contribution in [0.2, 0.25) is 0 Å². The first-order valence-electron chi connectivity index (χ1n) is 6.85. The molecule has 1 aliphatic rings. The predicted molar refractivity (Wildman–Crippen MR) is 77.1 cm³/mol. The lowest BCUT2D eigenvalue weighted by Crippen LogP contribution is -2.33. The summed E-state index contributed by atoms with van der Waals surface area (Å²) in [5.74, 6) is -0.0685. The molecular formula is C17H17NO2. The first-order chi connectivity index (χ1) is 9.84. The highest BCUT2D eigenvalue weighted by atomic mass is 16.5. The van der Waals surface area contributed by atoms with E-state index in [0.717, 1.165) is 17.5 Å². The van der Waals surface area contributed by atoms with Gasteiger partial charge in [-0.05, 0) is 23.1 Å². The van der Waals surface area contributed by atoms with E-state index in [9.17, 15) is 4.79 Å². The predicted octanol–water partition coefficient (Wildman–Crippen LogP) is 2.62. The summed E-state index contributed by atoms with van der Waals surface area (Å²) in [6.07, 6.45) is 0.391. The molecule has 0 bridgehead atoms. The van der Waals surface area contributed by atoms with Crippen molar-refractivity contribution in [3.05, 3.63) is 71.3 Å². The van der Waals surface area contributed by atoms with Gasteiger partial charge in [0.2, 0.25) is 0 Å². The second-order valence-electron chi connectivity index (χ2n) is 4.90. The summed E-state index contributed by atoms with van der Waals surface area (Å²) < 4.78 is 5.64. The maximum absolute atomic E-state index is 12.3. The van der Waals surface area contributed by atoms with E-state index in [4.69, 9.17) is 4.74 Å². The van der Waals surface area contributed by atoms with E-state index in [2.05, 4.69) is 11.4 Å². The summed E-state index contributed by atoms with van der Waals surface area (Å²) in [5, 5.41) is 2.95. The Balaban J connectivity index is 1.69. The summed E-state index contributed by atoms with van der Waals surface area (Å²) in [5.41, 5.74) is 3.29. The number of amides is 1. The summed E-state index contributed by atoms with van der Waals surface area (Å²) >= 11 is 0. The molecule has 1 N–H and O–H groups in total. The van der Waals surface area contributed by atoms with Crippen molar-refractivity contribution < 1.29 is 9.53 Å². The number of rotatable bonds is 3. The topological polar surface area (TPSA) is 38.3 Å². The molecule has 1 atom stereocenters. The Morgan fingerprint density at radius 3 is 2.70 bits per heavy atom. The number of nitrogens with one attached hydrogen (secondary N) is 1. The lowest BCUT2D eigenvalue weighted by atomic mass is 9.97. The molecule has 0 saturated carbocycles. The molecule has 3 nitrogen and oxygen atoms in total. The number of ether oxygens (including phenoxy) is 1. The average molecular weight is 267 g/mol. The van der Waals surface area contributed by atoms with Crippen LogP contribution in [0.4, 0.5) is 0 Å². The van der Waals surface area contributed by atoms with Crippen molar-refractivity contribution in [1.82, 2.24) is 5.32 Å². The summed E-state index contributed by atoms with van der Waals surface area (Å²) in [4.78, 5) is 12.3. The van der Waals surface area contributed by atoms with Crippen molar-refractivity contribution in [2.45, 2.75) is 19.1 Å². The van der Waals surface area contributed by atoms with Gasteiger partial charge in [0.05, 0.1) is 6.61 Å². The van der Waals surface area contributed by atoms with Crippen LogP contribution in [0.15, 0.2) is 54.6 Å². The third kappa shape index (κ3) is 2.73. The fourth-order valence-electron chi connectivity index (χ4n) is 2.49. The van der Waals surface area contributed by atoms with Crippen LogP contribution in [0, 0.1) is 0 Å². The first kappa shape index (κ1) is 12.9. The summed E-state index contributed by atoms with van der Waals surface area (Å²) in [6.45, 7) is 1.13. The van der Waals surface area contributed by atoms with Crippen molar-refractivity contribution in [3.63, 3.8) is 0 Å². The summed E-state index contributed by atoms with van der Waals surface area (Å²) in [7, 11) is 0. The molecule has 1 aliphatic heterocycles. The van der Waals surface area contributed by atoms with Crippen molar-refractivity contribution in [3.8, 4) is 0 Å². The second-order valence-corrected chi connectivity index (χ2v) is 4.90. The van der Waals surface area contributed by atoms with E-state index in [-0.39, 0.29) is 5.91 Å². The number of fused-ring (bicyclic) bond motifs is 1. The van der Waals surface area contributed by atoms with E-state index in [1.165, 1.54) is 5.56 Å². The maximum Gasteiger partial charge on any atom is 0.254 e. The monoisotopic (exact) mass is 267 g/mol. The van der Waals surface area contributed by atoms with Crippen LogP contribution < -0.4 is 5.32 Å². The smallest absolute Gasteiger partial charge is 0.254 e. The van der Waals surface area contributed by atoms with Crippen molar-refractivity contribution in [1.29, 1.82) is 0 Å². The molecule has 0 saturated heterocycles. The van der Waals surface area contributed by atoms with E-state index >= 15 is 0 Å². The van der Waals surface area contributed by atoms with Crippen LogP contribution in [0.1, 0.15) is 22.8 Å². The third-order valence-electron chi connectivity index (χ3n) is 3.54. The molecule has 3 heteroatoms. The Morgan fingerprint density at radius 1 is 1.10 bits per heavy atom. The van der Waals surface area contributed by atoms with Crippen molar-refractivity contribution in [2.24, 2.45) is 0 Å². The fourth-order valence-corrected chi connectivity index (χ4v) is 2.49. The largest absolute Gasteiger partial charge is 0.363 e. The molecule has 2 aromatic carbocycles. The Hall–Kier alpha value is -2.13. The zero-order valence-electron chi connectivity index (χ0n) is 11.2. The quantitative estimate of drug-likeness (QED) is 0.928. The van der Waals surface area contributed by atoms with Crippen LogP contribution >= 0.6 is 0 Å². The SMILES string of the molecule is O=C(NCc1ccccc1)[C@@H]1OCCc2ccccc21. The number of hydrogen-bond acceptors (Lipinski definition) is 2. The molecule has 2 aromatic rings. The molecule has 0 unspecified atom stereocenters. The molecule has 20 heavy (non-hydrogen) atoms. The Kier molecular flexibility index (Phi) is 3.79. The van der Waals surface area contributed by atoms with Crippen LogP contribution in [-0.4, -0.2) is 12.5 Å². The normalized spacial score (nSPS) is 17.3. The minimum absolute atomic E-state index is 0.0685. The van der Waals surface area contributed by atoms with Crippen LogP contribution in [0.3, 0.4) is 0 Å². The van der Waals surface area contributed by atoms with Gasteiger partial charge in [-0.3, -0.25) is 4.79 Å². The Bertz CT molecular complexity index is 595. The second kappa shape index (κ2) is 5.88. The number of hydrogen-bond donors (Lipinski definition) is 1. The van der Waals surface area contributed by atoms with Gasteiger partial charge >= 0.3 is 0 Å². The fraction of sp³-hybridized carbons (Fsp3) is 0.235. The number of benzene rings is 2. The molecule has 0 fully saturated rings. The molecule has 3 rings (SSSR count). The highest BCUT2D eigenvalue weighted by Crippen LogP contribution is 2.26. The van der Waals surface area contributed by atoms with Gasteiger partial charge in [0, 0.05) is 6.54 Å². The zero-order chi connectivity index (χ0) is 13.8. The van der Waals surface area contributed by atoms with Gasteiger partial charge in [0.15, 0.2) is 6.10 Å². The number of carbonyl (C=O) groups is 1. The minimum Gasteiger partial charge on any atom is -0.363 e. The van der Waals surface area contributed by atoms with Crippen LogP contribution in [0.25, 0.3) is 0 Å². The Labute approximate surface area is 118 Å². The molecule has 0 aromatic heterocycles. The molecule has 1 amide bonds. The zero-order valence-corrected chi connectivity index (χ0v) is 11.2. The van der Waals surface area contributed by atoms with Crippen LogP contribution in [0.5, 0.6) is 0 Å². The minimum atomic E-state index is -0.483. The molecule has 1 heterocycles. The van der Waals surface area contributed by atoms with Gasteiger partial charge in [0.1, 0.15) is 0 Å². The van der Waals surface area contributed by atoms with Gasteiger partial charge in [-0.2, -0.15) is 0 Å². The van der Waals surface area contributed by atoms with Crippen molar-refractivity contribution >= 4 is 5.91 Å². The Morgan fingerprint density at radius 2 is 1.85 bits per heavy atom. The highest BCUT2D eigenvalue weighted by molar-refractivity contribution is 5.82. The molecule has 0 aliphatic carbocycles. The standard InChI is InChI=1S/C17H17NO2/c19-17(18-12-13-6-2-1-3-7-13)16-15-9-5-4-8-14(15)10-11-20-16/h1-9,16H,10-12H2,(H,18,19)/t16-/m1/s1. The molecule has 0 spiro atoms. The average Bonchev–Trinajstić information content (AvgIpc) is 2.53. The van der Waals surface area contributed by atoms with Gasteiger partial charge < -0.3 is 10.1 Å². The lowest BCUT2D eigenvalue weighted by Gasteiger charge is -2.25. The van der Waals surface area contributed by atoms with E-state index in [0.29, 0.717) is 13.2 Å². The van der Waals surface area contributed by atoms with Gasteiger partial charge in [-0.15, -0.1) is 0 Å². The van der Waals surface area contributed by atoms with Crippen LogP contribution in [-0.2, 0) is 22.5 Å². The molecular weight excluding hydrogens is 250 g/mol. The molecule has 102 valence electrons. The lowest BCUT2D eigenvalue weighted by molar-refractivity contribution is -0.134. The van der Waals surface area contributed by atoms with Gasteiger partial charge in [0.25, 0.3) is 5.91 Å². The van der Waals surface area contributed by atoms with Gasteiger partial charge in [-0.25, -0.2) is 0 Å². The van der Waals surface area contributed by atoms with E-state index < -0.39 is 6.10 Å². The van der Waals surface area contributed by atoms with Gasteiger partial charge in [-0.1, -0.05) is 54.6 Å².